The summed E-state index contributed by atoms with van der Waals surface area (Å²) >= 11 is 0. The maximum absolute atomic E-state index is 5.81. The minimum atomic E-state index is 0.157. The van der Waals surface area contributed by atoms with Gasteiger partial charge in [0, 0.05) is 55.1 Å². The SMILES string of the molecule is C[C@@H]1CN(c2nccc(Nc3cc(-c4ccc5c(ccn5C)c4)[nH]n3)n2)C[C@H](C)O1. The molecule has 1 aliphatic heterocycles. The Kier molecular flexibility index (Phi) is 4.63. The molecule has 0 bridgehead atoms. The van der Waals surface area contributed by atoms with Crippen molar-refractivity contribution in [1.82, 2.24) is 24.7 Å². The Bertz CT molecular complexity index is 1170. The number of H-pyrrole nitrogens is 1. The van der Waals surface area contributed by atoms with Crippen molar-refractivity contribution in [2.24, 2.45) is 7.05 Å². The molecule has 8 nitrogen and oxygen atoms in total. The van der Waals surface area contributed by atoms with E-state index in [4.69, 9.17) is 4.74 Å². The maximum atomic E-state index is 5.81. The highest BCUT2D eigenvalue weighted by atomic mass is 16.5. The monoisotopic (exact) mass is 403 g/mol. The van der Waals surface area contributed by atoms with Crippen LogP contribution in [0.15, 0.2) is 48.8 Å². The van der Waals surface area contributed by atoms with E-state index in [1.807, 2.05) is 12.1 Å². The number of nitrogens with zero attached hydrogens (tertiary/aromatic N) is 5. The zero-order valence-corrected chi connectivity index (χ0v) is 17.3. The summed E-state index contributed by atoms with van der Waals surface area (Å²) < 4.78 is 7.92. The van der Waals surface area contributed by atoms with Gasteiger partial charge in [-0.2, -0.15) is 10.1 Å². The van der Waals surface area contributed by atoms with Crippen LogP contribution in [0.4, 0.5) is 17.6 Å². The second-order valence-electron chi connectivity index (χ2n) is 7.90. The van der Waals surface area contributed by atoms with Crippen molar-refractivity contribution in [3.05, 3.63) is 48.8 Å². The molecule has 1 aromatic carbocycles. The number of rotatable bonds is 4. The summed E-state index contributed by atoms with van der Waals surface area (Å²) in [7, 11) is 2.05. The van der Waals surface area contributed by atoms with Crippen molar-refractivity contribution >= 4 is 28.5 Å². The Balaban J connectivity index is 1.35. The predicted molar refractivity (Wildman–Crippen MR) is 118 cm³/mol. The molecule has 1 aliphatic rings. The summed E-state index contributed by atoms with van der Waals surface area (Å²) in [5, 5.41) is 12.0. The first-order valence-corrected chi connectivity index (χ1v) is 10.2. The second-order valence-corrected chi connectivity index (χ2v) is 7.90. The number of hydrogen-bond donors (Lipinski definition) is 2. The van der Waals surface area contributed by atoms with Crippen LogP contribution in [0.1, 0.15) is 13.8 Å². The molecule has 0 saturated carbocycles. The van der Waals surface area contributed by atoms with Gasteiger partial charge in [0.1, 0.15) is 5.82 Å². The first-order valence-electron chi connectivity index (χ1n) is 10.2. The molecule has 3 aromatic heterocycles. The number of benzene rings is 1. The largest absolute Gasteiger partial charge is 0.372 e. The average Bonchev–Trinajstić information content (AvgIpc) is 3.34. The zero-order chi connectivity index (χ0) is 20.7. The summed E-state index contributed by atoms with van der Waals surface area (Å²) in [5.74, 6) is 2.13. The number of aromatic nitrogens is 5. The lowest BCUT2D eigenvalue weighted by Crippen LogP contribution is -2.46. The van der Waals surface area contributed by atoms with Crippen molar-refractivity contribution in [3.8, 4) is 11.3 Å². The van der Waals surface area contributed by atoms with E-state index in [-0.39, 0.29) is 12.2 Å². The average molecular weight is 403 g/mol. The maximum Gasteiger partial charge on any atom is 0.227 e. The standard InChI is InChI=1S/C22H25N7O/c1-14-12-29(13-15(2)30-14)22-23-8-6-20(25-22)24-21-11-18(26-27-21)16-4-5-19-17(10-16)7-9-28(19)3/h4-11,14-15H,12-13H2,1-3H3,(H2,23,24,25,26,27)/t14-,15+. The third-order valence-corrected chi connectivity index (χ3v) is 5.38. The number of ether oxygens (including phenoxy) is 1. The number of fused-ring (bicyclic) bond motifs is 1. The Morgan fingerprint density at radius 2 is 1.90 bits per heavy atom. The molecular formula is C22H25N7O. The zero-order valence-electron chi connectivity index (χ0n) is 17.3. The van der Waals surface area contributed by atoms with E-state index in [1.54, 1.807) is 6.20 Å². The van der Waals surface area contributed by atoms with Gasteiger partial charge in [-0.25, -0.2) is 4.98 Å². The molecule has 154 valence electrons. The van der Waals surface area contributed by atoms with Gasteiger partial charge in [-0.05, 0) is 38.1 Å². The number of aromatic amines is 1. The topological polar surface area (TPSA) is 83.9 Å². The lowest BCUT2D eigenvalue weighted by atomic mass is 10.1. The summed E-state index contributed by atoms with van der Waals surface area (Å²) in [6.45, 7) is 5.70. The van der Waals surface area contributed by atoms with Crippen molar-refractivity contribution in [2.45, 2.75) is 26.1 Å². The van der Waals surface area contributed by atoms with Gasteiger partial charge >= 0.3 is 0 Å². The number of anilines is 3. The van der Waals surface area contributed by atoms with Gasteiger partial charge in [-0.3, -0.25) is 5.10 Å². The van der Waals surface area contributed by atoms with E-state index < -0.39 is 0 Å². The van der Waals surface area contributed by atoms with Crippen molar-refractivity contribution in [1.29, 1.82) is 0 Å². The predicted octanol–water partition coefficient (Wildman–Crippen LogP) is 3.72. The van der Waals surface area contributed by atoms with Crippen LogP contribution >= 0.6 is 0 Å². The minimum Gasteiger partial charge on any atom is -0.372 e. The van der Waals surface area contributed by atoms with Crippen LogP contribution < -0.4 is 10.2 Å². The second kappa shape index (κ2) is 7.46. The molecule has 8 heteroatoms. The lowest BCUT2D eigenvalue weighted by molar-refractivity contribution is -0.00571. The Hall–Kier alpha value is -3.39. The molecular weight excluding hydrogens is 378 g/mol. The third-order valence-electron chi connectivity index (χ3n) is 5.38. The van der Waals surface area contributed by atoms with Gasteiger partial charge in [0.25, 0.3) is 0 Å². The molecule has 2 N–H and O–H groups in total. The number of nitrogens with one attached hydrogen (secondary N) is 2. The fourth-order valence-corrected chi connectivity index (χ4v) is 4.03. The van der Waals surface area contributed by atoms with Gasteiger partial charge in [-0.1, -0.05) is 6.07 Å². The molecule has 0 radical (unpaired) electrons. The smallest absolute Gasteiger partial charge is 0.227 e. The van der Waals surface area contributed by atoms with E-state index in [0.29, 0.717) is 17.6 Å². The van der Waals surface area contributed by atoms with Crippen molar-refractivity contribution in [2.75, 3.05) is 23.3 Å². The van der Waals surface area contributed by atoms with Crippen molar-refractivity contribution < 1.29 is 4.74 Å². The van der Waals surface area contributed by atoms with E-state index >= 15 is 0 Å². The highest BCUT2D eigenvalue weighted by molar-refractivity contribution is 5.85. The van der Waals surface area contributed by atoms with E-state index in [0.717, 1.165) is 24.3 Å². The van der Waals surface area contributed by atoms with Crippen molar-refractivity contribution in [3.63, 3.8) is 0 Å². The molecule has 1 fully saturated rings. The summed E-state index contributed by atoms with van der Waals surface area (Å²) in [5.41, 5.74) is 3.25. The summed E-state index contributed by atoms with van der Waals surface area (Å²) in [4.78, 5) is 11.3. The third kappa shape index (κ3) is 3.61. The molecule has 4 aromatic rings. The molecule has 0 amide bonds. The Morgan fingerprint density at radius 3 is 2.73 bits per heavy atom. The molecule has 1 saturated heterocycles. The fraction of sp³-hybridized carbons (Fsp3) is 0.318. The normalized spacial score (nSPS) is 19.4. The quantitative estimate of drug-likeness (QED) is 0.540. The number of aryl methyl sites for hydroxylation is 1. The lowest BCUT2D eigenvalue weighted by Gasteiger charge is -2.35. The van der Waals surface area contributed by atoms with Crippen LogP contribution in [0.2, 0.25) is 0 Å². The highest BCUT2D eigenvalue weighted by Crippen LogP contribution is 2.26. The van der Waals surface area contributed by atoms with Crippen LogP contribution in [0, 0.1) is 0 Å². The van der Waals surface area contributed by atoms with Gasteiger partial charge in [0.15, 0.2) is 5.82 Å². The van der Waals surface area contributed by atoms with E-state index in [9.17, 15) is 0 Å². The van der Waals surface area contributed by atoms with E-state index in [2.05, 4.69) is 86.3 Å². The van der Waals surface area contributed by atoms with Crippen LogP contribution in [0.5, 0.6) is 0 Å². The highest BCUT2D eigenvalue weighted by Gasteiger charge is 2.24. The fourth-order valence-electron chi connectivity index (χ4n) is 4.03. The molecule has 0 spiro atoms. The van der Waals surface area contributed by atoms with E-state index in [1.165, 1.54) is 10.9 Å². The van der Waals surface area contributed by atoms with Crippen LogP contribution in [0.25, 0.3) is 22.2 Å². The Labute approximate surface area is 174 Å². The number of hydrogen-bond acceptors (Lipinski definition) is 6. The molecule has 0 aliphatic carbocycles. The van der Waals surface area contributed by atoms with Gasteiger partial charge < -0.3 is 19.5 Å². The minimum absolute atomic E-state index is 0.157. The van der Waals surface area contributed by atoms with Crippen LogP contribution in [0.3, 0.4) is 0 Å². The molecule has 0 unspecified atom stereocenters. The summed E-state index contributed by atoms with van der Waals surface area (Å²) in [6, 6.07) is 12.3. The molecule has 2 atom stereocenters. The van der Waals surface area contributed by atoms with Crippen LogP contribution in [-0.4, -0.2) is 50.0 Å². The first kappa shape index (κ1) is 18.6. The number of morpholine rings is 1. The molecule has 5 rings (SSSR count). The van der Waals surface area contributed by atoms with Gasteiger partial charge in [0.2, 0.25) is 5.95 Å². The Morgan fingerprint density at radius 1 is 1.07 bits per heavy atom. The van der Waals surface area contributed by atoms with Gasteiger partial charge in [0.05, 0.1) is 17.9 Å². The van der Waals surface area contributed by atoms with Gasteiger partial charge in [-0.15, -0.1) is 0 Å². The summed E-state index contributed by atoms with van der Waals surface area (Å²) in [6.07, 6.45) is 4.15. The molecule has 4 heterocycles. The first-order chi connectivity index (χ1) is 14.5. The van der Waals surface area contributed by atoms with Crippen LogP contribution in [-0.2, 0) is 11.8 Å². The molecule has 30 heavy (non-hydrogen) atoms.